The van der Waals surface area contributed by atoms with E-state index in [1.807, 2.05) is 47.4 Å². The van der Waals surface area contributed by atoms with Gasteiger partial charge in [0.05, 0.1) is 4.92 Å². The largest absolute Gasteiger partial charge is 0.368 e. The van der Waals surface area contributed by atoms with Gasteiger partial charge in [-0.15, -0.1) is 0 Å². The molecule has 0 atom stereocenters. The maximum Gasteiger partial charge on any atom is 0.353 e. The fraction of sp³-hybridized carbons (Fsp3) is 0.167. The summed E-state index contributed by atoms with van der Waals surface area (Å²) in [7, 11) is 0. The summed E-state index contributed by atoms with van der Waals surface area (Å²) in [6.45, 7) is 2.36. The number of anilines is 4. The summed E-state index contributed by atoms with van der Waals surface area (Å²) in [5.74, 6) is 0.166. The average Bonchev–Trinajstić information content (AvgIpc) is 2.85. The van der Waals surface area contributed by atoms with Crippen molar-refractivity contribution >= 4 is 39.5 Å². The van der Waals surface area contributed by atoms with Crippen LogP contribution in [-0.4, -0.2) is 41.1 Å². The van der Waals surface area contributed by atoms with Gasteiger partial charge in [0.1, 0.15) is 12.1 Å². The van der Waals surface area contributed by atoms with Gasteiger partial charge in [0.25, 0.3) is 0 Å². The van der Waals surface area contributed by atoms with Gasteiger partial charge in [-0.3, -0.25) is 10.1 Å². The first-order chi connectivity index (χ1) is 16.1. The molecule has 1 fully saturated rings. The number of nitrogens with one attached hydrogen (secondary N) is 1. The molecule has 5 rings (SSSR count). The van der Waals surface area contributed by atoms with Crippen molar-refractivity contribution in [1.82, 2.24) is 9.97 Å². The number of piperazine rings is 1. The molecule has 4 aromatic rings. The Bertz CT molecular complexity index is 1300. The summed E-state index contributed by atoms with van der Waals surface area (Å²) in [5, 5.41) is 17.2. The predicted octanol–water partition coefficient (Wildman–Crippen LogP) is 4.75. The first kappa shape index (κ1) is 20.6. The molecule has 33 heavy (non-hydrogen) atoms. The highest BCUT2D eigenvalue weighted by Crippen LogP contribution is 2.36. The van der Waals surface area contributed by atoms with E-state index in [9.17, 15) is 14.5 Å². The lowest BCUT2D eigenvalue weighted by Gasteiger charge is -2.36. The molecule has 0 spiro atoms. The molecule has 3 aromatic carbocycles. The van der Waals surface area contributed by atoms with E-state index in [2.05, 4.69) is 20.2 Å². The maximum atomic E-state index is 13.2. The molecule has 0 unspecified atom stereocenters. The Morgan fingerprint density at radius 1 is 0.879 bits per heavy atom. The first-order valence-corrected chi connectivity index (χ1v) is 10.6. The van der Waals surface area contributed by atoms with Crippen LogP contribution in [0.3, 0.4) is 0 Å². The van der Waals surface area contributed by atoms with Crippen LogP contribution in [0.2, 0.25) is 0 Å². The number of hydrogen-bond donors (Lipinski definition) is 1. The number of fused-ring (bicyclic) bond motifs is 1. The molecule has 1 N–H and O–H groups in total. The fourth-order valence-corrected chi connectivity index (χ4v) is 4.15. The zero-order valence-electron chi connectivity index (χ0n) is 17.7. The zero-order valence-corrected chi connectivity index (χ0v) is 17.7. The minimum absolute atomic E-state index is 0.152. The number of nitrogens with zero attached hydrogens (tertiary/aromatic N) is 5. The molecule has 0 amide bonds. The van der Waals surface area contributed by atoms with Crippen molar-refractivity contribution in [2.75, 3.05) is 41.3 Å². The van der Waals surface area contributed by atoms with Gasteiger partial charge in [0.15, 0.2) is 0 Å². The molecule has 1 aliphatic heterocycles. The van der Waals surface area contributed by atoms with E-state index < -0.39 is 4.92 Å². The van der Waals surface area contributed by atoms with Crippen LogP contribution in [0.15, 0.2) is 73.1 Å². The molecule has 2 heterocycles. The van der Waals surface area contributed by atoms with Gasteiger partial charge in [0.2, 0.25) is 11.6 Å². The molecular weight excluding hydrogens is 423 g/mol. The lowest BCUT2D eigenvalue weighted by molar-refractivity contribution is -0.383. The summed E-state index contributed by atoms with van der Waals surface area (Å²) < 4.78 is 13.2. The molecule has 0 aliphatic carbocycles. The van der Waals surface area contributed by atoms with Gasteiger partial charge in [0, 0.05) is 42.9 Å². The number of hydrogen-bond acceptors (Lipinski definition) is 7. The van der Waals surface area contributed by atoms with Crippen LogP contribution in [-0.2, 0) is 0 Å². The highest BCUT2D eigenvalue weighted by atomic mass is 19.1. The van der Waals surface area contributed by atoms with Crippen LogP contribution in [0.1, 0.15) is 0 Å². The van der Waals surface area contributed by atoms with Crippen molar-refractivity contribution in [3.63, 3.8) is 0 Å². The Hall–Kier alpha value is -4.27. The van der Waals surface area contributed by atoms with E-state index in [-0.39, 0.29) is 23.1 Å². The van der Waals surface area contributed by atoms with Crippen LogP contribution in [0.25, 0.3) is 10.8 Å². The topological polar surface area (TPSA) is 87.4 Å². The SMILES string of the molecule is O=[N+]([O-])c1c(Nc2cccc3ccccc23)ncnc1N1CCN(c2ccc(F)cc2)CC1. The summed E-state index contributed by atoms with van der Waals surface area (Å²) in [4.78, 5) is 24.1. The first-order valence-electron chi connectivity index (χ1n) is 10.6. The Labute approximate surface area is 189 Å². The average molecular weight is 444 g/mol. The Kier molecular flexibility index (Phi) is 5.43. The zero-order chi connectivity index (χ0) is 22.8. The van der Waals surface area contributed by atoms with E-state index in [4.69, 9.17) is 0 Å². The van der Waals surface area contributed by atoms with Gasteiger partial charge in [-0.25, -0.2) is 14.4 Å². The smallest absolute Gasteiger partial charge is 0.353 e. The van der Waals surface area contributed by atoms with Crippen LogP contribution in [0.5, 0.6) is 0 Å². The second-order valence-corrected chi connectivity index (χ2v) is 7.75. The molecule has 0 radical (unpaired) electrons. The van der Waals surface area contributed by atoms with Gasteiger partial charge in [-0.05, 0) is 35.7 Å². The molecule has 0 bridgehead atoms. The third-order valence-corrected chi connectivity index (χ3v) is 5.80. The Morgan fingerprint density at radius 2 is 1.58 bits per heavy atom. The van der Waals surface area contributed by atoms with Crippen molar-refractivity contribution in [3.8, 4) is 0 Å². The van der Waals surface area contributed by atoms with Crippen LogP contribution in [0, 0.1) is 15.9 Å². The summed E-state index contributed by atoms with van der Waals surface area (Å²) in [6, 6.07) is 19.9. The number of nitro groups is 1. The third-order valence-electron chi connectivity index (χ3n) is 5.80. The number of aromatic nitrogens is 2. The van der Waals surface area contributed by atoms with Crippen LogP contribution in [0.4, 0.5) is 33.1 Å². The van der Waals surface area contributed by atoms with E-state index in [1.54, 1.807) is 12.1 Å². The highest BCUT2D eigenvalue weighted by Gasteiger charge is 2.29. The second kappa shape index (κ2) is 8.70. The minimum Gasteiger partial charge on any atom is -0.368 e. The van der Waals surface area contributed by atoms with E-state index in [1.165, 1.54) is 18.5 Å². The quantitative estimate of drug-likeness (QED) is 0.351. The van der Waals surface area contributed by atoms with Crippen LogP contribution < -0.4 is 15.1 Å². The monoisotopic (exact) mass is 444 g/mol. The summed E-state index contributed by atoms with van der Waals surface area (Å²) in [5.41, 5.74) is 1.51. The normalized spacial score (nSPS) is 13.8. The molecule has 0 saturated carbocycles. The van der Waals surface area contributed by atoms with Gasteiger partial charge in [-0.1, -0.05) is 36.4 Å². The highest BCUT2D eigenvalue weighted by molar-refractivity contribution is 5.96. The number of halogens is 1. The van der Waals surface area contributed by atoms with Crippen molar-refractivity contribution in [3.05, 3.63) is 89.0 Å². The second-order valence-electron chi connectivity index (χ2n) is 7.75. The minimum atomic E-state index is -0.435. The summed E-state index contributed by atoms with van der Waals surface area (Å²) >= 11 is 0. The molecule has 9 heteroatoms. The molecule has 1 saturated heterocycles. The van der Waals surface area contributed by atoms with Gasteiger partial charge in [-0.2, -0.15) is 0 Å². The standard InChI is InChI=1S/C24H21FN6O2/c25-18-8-10-19(11-9-18)29-12-14-30(15-13-29)24-22(31(32)33)23(26-16-27-24)28-21-7-3-5-17-4-1-2-6-20(17)21/h1-11,16H,12-15H2,(H,26,27,28). The summed E-state index contributed by atoms with van der Waals surface area (Å²) in [6.07, 6.45) is 1.35. The Morgan fingerprint density at radius 3 is 2.33 bits per heavy atom. The van der Waals surface area contributed by atoms with Gasteiger partial charge < -0.3 is 15.1 Å². The fourth-order valence-electron chi connectivity index (χ4n) is 4.15. The molecular formula is C24H21FN6O2. The molecule has 1 aliphatic rings. The third kappa shape index (κ3) is 4.12. The molecule has 1 aromatic heterocycles. The van der Waals surface area contributed by atoms with Gasteiger partial charge >= 0.3 is 5.69 Å². The van der Waals surface area contributed by atoms with E-state index in [0.29, 0.717) is 26.2 Å². The number of benzene rings is 3. The predicted molar refractivity (Wildman–Crippen MR) is 127 cm³/mol. The number of rotatable bonds is 5. The van der Waals surface area contributed by atoms with Crippen molar-refractivity contribution in [2.45, 2.75) is 0 Å². The Balaban J connectivity index is 1.42. The van der Waals surface area contributed by atoms with Crippen LogP contribution >= 0.6 is 0 Å². The lowest BCUT2D eigenvalue weighted by Crippen LogP contribution is -2.47. The van der Waals surface area contributed by atoms with Crippen molar-refractivity contribution in [1.29, 1.82) is 0 Å². The molecule has 8 nitrogen and oxygen atoms in total. The van der Waals surface area contributed by atoms with E-state index in [0.717, 1.165) is 22.1 Å². The maximum absolute atomic E-state index is 13.2. The lowest BCUT2D eigenvalue weighted by atomic mass is 10.1. The van der Waals surface area contributed by atoms with E-state index >= 15 is 0 Å². The van der Waals surface area contributed by atoms with Crippen molar-refractivity contribution in [2.24, 2.45) is 0 Å². The van der Waals surface area contributed by atoms with Crippen molar-refractivity contribution < 1.29 is 9.31 Å². The molecule has 166 valence electrons.